The highest BCUT2D eigenvalue weighted by Gasteiger charge is 2.21. The second-order valence-electron chi connectivity index (χ2n) is 8.83. The van der Waals surface area contributed by atoms with E-state index in [4.69, 9.17) is 0 Å². The van der Waals surface area contributed by atoms with Gasteiger partial charge in [-0.25, -0.2) is 12.7 Å². The molecule has 0 fully saturated rings. The van der Waals surface area contributed by atoms with Crippen LogP contribution in [0.5, 0.6) is 0 Å². The van der Waals surface area contributed by atoms with Gasteiger partial charge in [-0.3, -0.25) is 9.36 Å². The van der Waals surface area contributed by atoms with Gasteiger partial charge in [0.2, 0.25) is 15.9 Å². The average Bonchev–Trinajstić information content (AvgIpc) is 3.52. The summed E-state index contributed by atoms with van der Waals surface area (Å²) in [5.41, 5.74) is 4.26. The number of aryl methyl sites for hydroxylation is 1. The molecule has 5 aromatic rings. The van der Waals surface area contributed by atoms with E-state index in [1.165, 1.54) is 38.0 Å². The molecule has 2 N–H and O–H groups in total. The number of carbonyl (C=O) groups is 1. The second-order valence-corrected chi connectivity index (χ2v) is 11.9. The molecule has 0 bridgehead atoms. The molecule has 5 rings (SSSR count). The molecule has 0 aliphatic heterocycles. The zero-order valence-electron chi connectivity index (χ0n) is 21.0. The van der Waals surface area contributed by atoms with Gasteiger partial charge in [-0.15, -0.1) is 10.2 Å². The van der Waals surface area contributed by atoms with Crippen LogP contribution in [0.15, 0.2) is 89.0 Å². The zero-order valence-corrected chi connectivity index (χ0v) is 22.7. The number of thioether (sulfide) groups is 1. The van der Waals surface area contributed by atoms with E-state index in [0.717, 1.165) is 32.0 Å². The third-order valence-corrected chi connectivity index (χ3v) is 8.79. The highest BCUT2D eigenvalue weighted by Crippen LogP contribution is 2.33. The van der Waals surface area contributed by atoms with Crippen molar-refractivity contribution in [2.45, 2.75) is 17.0 Å². The van der Waals surface area contributed by atoms with Crippen LogP contribution >= 0.6 is 11.8 Å². The molecule has 0 spiro atoms. The van der Waals surface area contributed by atoms with Crippen LogP contribution in [0.25, 0.3) is 28.0 Å². The van der Waals surface area contributed by atoms with Crippen LogP contribution in [0.2, 0.25) is 0 Å². The molecule has 0 saturated carbocycles. The van der Waals surface area contributed by atoms with E-state index in [1.807, 2.05) is 66.2 Å². The Kier molecular flexibility index (Phi) is 7.06. The molecule has 0 unspecified atom stereocenters. The van der Waals surface area contributed by atoms with Crippen molar-refractivity contribution in [3.8, 4) is 17.1 Å². The number of H-pyrrole nitrogens is 1. The minimum absolute atomic E-state index is 0.0581. The lowest BCUT2D eigenvalue weighted by Crippen LogP contribution is -2.22. The molecule has 1 amide bonds. The summed E-state index contributed by atoms with van der Waals surface area (Å²) in [6, 6.07) is 22.1. The van der Waals surface area contributed by atoms with Gasteiger partial charge in [-0.2, -0.15) is 0 Å². The fourth-order valence-corrected chi connectivity index (χ4v) is 5.79. The molecule has 0 aliphatic rings. The van der Waals surface area contributed by atoms with Gasteiger partial charge in [0.05, 0.1) is 16.3 Å². The molecule has 194 valence electrons. The number of aromatic nitrogens is 4. The normalized spacial score (nSPS) is 11.8. The molecule has 11 heteroatoms. The van der Waals surface area contributed by atoms with Gasteiger partial charge in [-0.05, 0) is 42.8 Å². The average molecular weight is 547 g/mol. The predicted molar refractivity (Wildman–Crippen MR) is 150 cm³/mol. The molecule has 38 heavy (non-hydrogen) atoms. The van der Waals surface area contributed by atoms with E-state index in [-0.39, 0.29) is 16.6 Å². The Morgan fingerprint density at radius 3 is 2.58 bits per heavy atom. The maximum atomic E-state index is 12.9. The minimum Gasteiger partial charge on any atom is -0.360 e. The number of nitrogens with one attached hydrogen (secondary N) is 2. The number of aromatic amines is 1. The Labute approximate surface area is 225 Å². The van der Waals surface area contributed by atoms with E-state index < -0.39 is 10.0 Å². The van der Waals surface area contributed by atoms with E-state index in [2.05, 4.69) is 20.5 Å². The Morgan fingerprint density at radius 1 is 1.03 bits per heavy atom. The van der Waals surface area contributed by atoms with Gasteiger partial charge in [0.15, 0.2) is 11.0 Å². The van der Waals surface area contributed by atoms with E-state index in [9.17, 15) is 13.2 Å². The smallest absolute Gasteiger partial charge is 0.242 e. The fourth-order valence-electron chi connectivity index (χ4n) is 4.10. The highest BCUT2D eigenvalue weighted by molar-refractivity contribution is 7.99. The van der Waals surface area contributed by atoms with Crippen LogP contribution < -0.4 is 5.32 Å². The third kappa shape index (κ3) is 4.95. The number of para-hydroxylation sites is 2. The standard InChI is InChI=1S/C27H26N6O3S2/c1-18-9-4-7-14-24(18)33-26(22-16-28-23-13-6-5-12-21(22)23)30-31-27(33)37-17-25(34)29-19-10-8-11-20(15-19)38(35,36)32(2)3/h4-16,28H,17H2,1-3H3,(H,29,34). The third-order valence-electron chi connectivity index (χ3n) is 6.05. The second kappa shape index (κ2) is 10.4. The molecule has 2 aromatic heterocycles. The number of sulfonamides is 1. The summed E-state index contributed by atoms with van der Waals surface area (Å²) in [7, 11) is -0.683. The van der Waals surface area contributed by atoms with Crippen LogP contribution in [0.1, 0.15) is 5.56 Å². The quantitative estimate of drug-likeness (QED) is 0.273. The van der Waals surface area contributed by atoms with Crippen LogP contribution in [-0.4, -0.2) is 58.2 Å². The summed E-state index contributed by atoms with van der Waals surface area (Å²) >= 11 is 1.26. The van der Waals surface area contributed by atoms with Gasteiger partial charge in [-0.1, -0.05) is 54.2 Å². The van der Waals surface area contributed by atoms with E-state index >= 15 is 0 Å². The first-order valence-corrected chi connectivity index (χ1v) is 14.2. The van der Waals surface area contributed by atoms with Crippen molar-refractivity contribution in [2.75, 3.05) is 25.2 Å². The van der Waals surface area contributed by atoms with Gasteiger partial charge in [0.25, 0.3) is 0 Å². The number of benzene rings is 3. The van der Waals surface area contributed by atoms with Crippen molar-refractivity contribution in [2.24, 2.45) is 0 Å². The van der Waals surface area contributed by atoms with Gasteiger partial charge in [0, 0.05) is 42.4 Å². The zero-order chi connectivity index (χ0) is 26.9. The van der Waals surface area contributed by atoms with Crippen LogP contribution in [0.4, 0.5) is 5.69 Å². The largest absolute Gasteiger partial charge is 0.360 e. The topological polar surface area (TPSA) is 113 Å². The SMILES string of the molecule is Cc1ccccc1-n1c(SCC(=O)Nc2cccc(S(=O)(=O)N(C)C)c2)nnc1-c1c[nH]c2ccccc12. The lowest BCUT2D eigenvalue weighted by atomic mass is 10.1. The lowest BCUT2D eigenvalue weighted by molar-refractivity contribution is -0.113. The molecule has 0 aliphatic carbocycles. The van der Waals surface area contributed by atoms with E-state index in [0.29, 0.717) is 16.7 Å². The highest BCUT2D eigenvalue weighted by atomic mass is 32.2. The Morgan fingerprint density at radius 2 is 1.79 bits per heavy atom. The minimum atomic E-state index is -3.61. The molecule has 0 radical (unpaired) electrons. The first kappa shape index (κ1) is 25.7. The number of rotatable bonds is 8. The summed E-state index contributed by atoms with van der Waals surface area (Å²) < 4.78 is 28.0. The fraction of sp³-hybridized carbons (Fsp3) is 0.148. The molecule has 9 nitrogen and oxygen atoms in total. The van der Waals surface area contributed by atoms with Crippen molar-refractivity contribution in [3.63, 3.8) is 0 Å². The monoisotopic (exact) mass is 546 g/mol. The number of carbonyl (C=O) groups excluding carboxylic acids is 1. The number of amides is 1. The number of nitrogens with zero attached hydrogens (tertiary/aromatic N) is 4. The molecule has 3 aromatic carbocycles. The van der Waals surface area contributed by atoms with Crippen LogP contribution in [-0.2, 0) is 14.8 Å². The number of fused-ring (bicyclic) bond motifs is 1. The number of hydrogen-bond donors (Lipinski definition) is 2. The maximum Gasteiger partial charge on any atom is 0.242 e. The molecule has 0 saturated heterocycles. The van der Waals surface area contributed by atoms with Gasteiger partial charge >= 0.3 is 0 Å². The number of anilines is 1. The number of hydrogen-bond acceptors (Lipinski definition) is 6. The lowest BCUT2D eigenvalue weighted by Gasteiger charge is -2.13. The van der Waals surface area contributed by atoms with Gasteiger partial charge in [0.1, 0.15) is 0 Å². The van der Waals surface area contributed by atoms with Crippen LogP contribution in [0.3, 0.4) is 0 Å². The van der Waals surface area contributed by atoms with Crippen molar-refractivity contribution in [1.82, 2.24) is 24.1 Å². The van der Waals surface area contributed by atoms with Crippen LogP contribution in [0, 0.1) is 6.92 Å². The summed E-state index contributed by atoms with van der Waals surface area (Å²) in [5, 5.41) is 13.3. The molecule has 0 atom stereocenters. The van der Waals surface area contributed by atoms with Crippen molar-refractivity contribution in [3.05, 3.63) is 84.6 Å². The maximum absolute atomic E-state index is 12.9. The molecular weight excluding hydrogens is 520 g/mol. The predicted octanol–water partition coefficient (Wildman–Crippen LogP) is 4.71. The Bertz CT molecular complexity index is 1740. The summed E-state index contributed by atoms with van der Waals surface area (Å²) in [4.78, 5) is 16.2. The van der Waals surface area contributed by atoms with Crippen molar-refractivity contribution in [1.29, 1.82) is 0 Å². The van der Waals surface area contributed by atoms with Crippen molar-refractivity contribution < 1.29 is 13.2 Å². The Hall–Kier alpha value is -3.93. The van der Waals surface area contributed by atoms with Crippen molar-refractivity contribution >= 4 is 44.3 Å². The molecular formula is C27H26N6O3S2. The Balaban J connectivity index is 1.43. The first-order valence-electron chi connectivity index (χ1n) is 11.8. The van der Waals surface area contributed by atoms with E-state index in [1.54, 1.807) is 12.1 Å². The first-order chi connectivity index (χ1) is 18.3. The summed E-state index contributed by atoms with van der Waals surface area (Å²) in [6.07, 6.45) is 1.92. The van der Waals surface area contributed by atoms with Gasteiger partial charge < -0.3 is 10.3 Å². The summed E-state index contributed by atoms with van der Waals surface area (Å²) in [5.74, 6) is 0.436. The summed E-state index contributed by atoms with van der Waals surface area (Å²) in [6.45, 7) is 2.02. The molecule has 2 heterocycles.